The summed E-state index contributed by atoms with van der Waals surface area (Å²) in [6.07, 6.45) is 3.25. The molecule has 2 rings (SSSR count). The highest BCUT2D eigenvalue weighted by atomic mass is 32.2. The van der Waals surface area contributed by atoms with Crippen LogP contribution in [0.15, 0.2) is 24.3 Å². The van der Waals surface area contributed by atoms with Crippen LogP contribution in [0.2, 0.25) is 0 Å². The number of anilines is 1. The number of nitrogens with one attached hydrogen (secondary N) is 1. The van der Waals surface area contributed by atoms with Crippen LogP contribution in [-0.2, 0) is 0 Å². The van der Waals surface area contributed by atoms with Crippen molar-refractivity contribution in [3.8, 4) is 0 Å². The Morgan fingerprint density at radius 2 is 1.90 bits per heavy atom. The summed E-state index contributed by atoms with van der Waals surface area (Å²) < 4.78 is 12.9. The van der Waals surface area contributed by atoms with Crippen LogP contribution in [0.1, 0.15) is 6.42 Å². The molecular weight excluding hydrogens is 305 g/mol. The maximum absolute atomic E-state index is 12.9. The lowest BCUT2D eigenvalue weighted by atomic mass is 10.2. The van der Waals surface area contributed by atoms with E-state index in [9.17, 15) is 4.39 Å². The summed E-state index contributed by atoms with van der Waals surface area (Å²) >= 11 is 7.29. The van der Waals surface area contributed by atoms with E-state index < -0.39 is 0 Å². The predicted octanol–water partition coefficient (Wildman–Crippen LogP) is 2.58. The van der Waals surface area contributed by atoms with Gasteiger partial charge in [-0.2, -0.15) is 11.8 Å². The van der Waals surface area contributed by atoms with Crippen LogP contribution in [0.3, 0.4) is 0 Å². The van der Waals surface area contributed by atoms with E-state index in [1.165, 1.54) is 12.1 Å². The quantitative estimate of drug-likeness (QED) is 0.660. The van der Waals surface area contributed by atoms with E-state index in [-0.39, 0.29) is 5.82 Å². The van der Waals surface area contributed by atoms with Gasteiger partial charge in [-0.1, -0.05) is 0 Å². The first kappa shape index (κ1) is 16.4. The Morgan fingerprint density at radius 3 is 2.52 bits per heavy atom. The van der Waals surface area contributed by atoms with Gasteiger partial charge in [0.05, 0.1) is 0 Å². The van der Waals surface area contributed by atoms with Gasteiger partial charge in [-0.25, -0.2) is 4.39 Å². The number of piperazine rings is 1. The van der Waals surface area contributed by atoms with Crippen LogP contribution in [-0.4, -0.2) is 54.7 Å². The third-order valence-corrected chi connectivity index (χ3v) is 4.66. The molecule has 116 valence electrons. The van der Waals surface area contributed by atoms with E-state index in [1.54, 1.807) is 0 Å². The molecule has 1 fully saturated rings. The Balaban J connectivity index is 1.75. The van der Waals surface area contributed by atoms with E-state index in [4.69, 9.17) is 12.2 Å². The molecule has 1 saturated heterocycles. The molecule has 1 aromatic rings. The van der Waals surface area contributed by atoms with Crippen molar-refractivity contribution < 1.29 is 4.39 Å². The largest absolute Gasteiger partial charge is 0.368 e. The van der Waals surface area contributed by atoms with Crippen molar-refractivity contribution in [3.63, 3.8) is 0 Å². The zero-order valence-electron chi connectivity index (χ0n) is 12.3. The lowest BCUT2D eigenvalue weighted by Gasteiger charge is -2.37. The molecule has 0 aromatic heterocycles. The molecule has 1 aliphatic heterocycles. The molecular formula is C15H22FN3S2. The molecule has 0 radical (unpaired) electrons. The summed E-state index contributed by atoms with van der Waals surface area (Å²) in [5.74, 6) is 0.974. The number of thioether (sulfide) groups is 1. The van der Waals surface area contributed by atoms with E-state index in [0.29, 0.717) is 0 Å². The minimum atomic E-state index is -0.187. The van der Waals surface area contributed by atoms with E-state index in [2.05, 4.69) is 21.4 Å². The van der Waals surface area contributed by atoms with Gasteiger partial charge in [0.25, 0.3) is 0 Å². The van der Waals surface area contributed by atoms with Gasteiger partial charge in [-0.05, 0) is 54.9 Å². The first-order valence-electron chi connectivity index (χ1n) is 7.23. The number of benzene rings is 1. The number of hydrogen-bond donors (Lipinski definition) is 1. The number of rotatable bonds is 5. The molecule has 0 saturated carbocycles. The molecule has 0 amide bonds. The highest BCUT2D eigenvalue weighted by molar-refractivity contribution is 7.98. The van der Waals surface area contributed by atoms with Gasteiger partial charge in [0, 0.05) is 38.4 Å². The van der Waals surface area contributed by atoms with Crippen molar-refractivity contribution in [1.82, 2.24) is 10.2 Å². The third kappa shape index (κ3) is 5.04. The molecule has 1 aromatic carbocycles. The SMILES string of the molecule is CSCCCNC(=S)N1CCN(c2ccc(F)cc2)CC1. The van der Waals surface area contributed by atoms with Gasteiger partial charge < -0.3 is 15.1 Å². The molecule has 21 heavy (non-hydrogen) atoms. The second-order valence-corrected chi connectivity index (χ2v) is 6.40. The van der Waals surface area contributed by atoms with Gasteiger partial charge in [0.15, 0.2) is 5.11 Å². The molecule has 1 heterocycles. The monoisotopic (exact) mass is 327 g/mol. The van der Waals surface area contributed by atoms with Gasteiger partial charge in [-0.15, -0.1) is 0 Å². The van der Waals surface area contributed by atoms with Crippen molar-refractivity contribution in [1.29, 1.82) is 0 Å². The van der Waals surface area contributed by atoms with Crippen molar-refractivity contribution in [2.45, 2.75) is 6.42 Å². The van der Waals surface area contributed by atoms with Crippen LogP contribution >= 0.6 is 24.0 Å². The summed E-state index contributed by atoms with van der Waals surface area (Å²) in [7, 11) is 0. The molecule has 1 aliphatic rings. The van der Waals surface area contributed by atoms with Crippen LogP contribution in [0.25, 0.3) is 0 Å². The molecule has 0 spiro atoms. The standard InChI is InChI=1S/C15H22FN3S2/c1-21-12-2-7-17-15(20)19-10-8-18(9-11-19)14-5-3-13(16)4-6-14/h3-6H,2,7-12H2,1H3,(H,17,20). The van der Waals surface area contributed by atoms with Gasteiger partial charge in [0.1, 0.15) is 5.82 Å². The van der Waals surface area contributed by atoms with E-state index in [0.717, 1.165) is 55.7 Å². The summed E-state index contributed by atoms with van der Waals surface area (Å²) in [5.41, 5.74) is 1.08. The van der Waals surface area contributed by atoms with Crippen molar-refractivity contribution in [2.24, 2.45) is 0 Å². The average molecular weight is 327 g/mol. The fraction of sp³-hybridized carbons (Fsp3) is 0.533. The van der Waals surface area contributed by atoms with Crippen LogP contribution in [0.5, 0.6) is 0 Å². The van der Waals surface area contributed by atoms with Crippen molar-refractivity contribution in [3.05, 3.63) is 30.1 Å². The smallest absolute Gasteiger partial charge is 0.169 e. The summed E-state index contributed by atoms with van der Waals surface area (Å²) in [4.78, 5) is 4.49. The fourth-order valence-corrected chi connectivity index (χ4v) is 3.06. The molecule has 0 unspecified atom stereocenters. The normalized spacial score (nSPS) is 15.1. The predicted molar refractivity (Wildman–Crippen MR) is 93.8 cm³/mol. The maximum Gasteiger partial charge on any atom is 0.169 e. The number of nitrogens with zero attached hydrogens (tertiary/aromatic N) is 2. The molecule has 0 aliphatic carbocycles. The Bertz CT molecular complexity index is 445. The number of hydrogen-bond acceptors (Lipinski definition) is 3. The Kier molecular flexibility index (Phi) is 6.57. The topological polar surface area (TPSA) is 18.5 Å². The molecule has 3 nitrogen and oxygen atoms in total. The van der Waals surface area contributed by atoms with E-state index in [1.807, 2.05) is 23.9 Å². The van der Waals surface area contributed by atoms with Gasteiger partial charge in [0.2, 0.25) is 0 Å². The minimum absolute atomic E-state index is 0.187. The van der Waals surface area contributed by atoms with E-state index >= 15 is 0 Å². The van der Waals surface area contributed by atoms with Gasteiger partial charge >= 0.3 is 0 Å². The first-order chi connectivity index (χ1) is 10.2. The zero-order valence-corrected chi connectivity index (χ0v) is 14.0. The molecule has 0 bridgehead atoms. The third-order valence-electron chi connectivity index (χ3n) is 3.56. The second-order valence-electron chi connectivity index (χ2n) is 5.03. The Labute approximate surface area is 135 Å². The average Bonchev–Trinajstić information content (AvgIpc) is 2.52. The van der Waals surface area contributed by atoms with Gasteiger partial charge in [-0.3, -0.25) is 0 Å². The second kappa shape index (κ2) is 8.44. The van der Waals surface area contributed by atoms with Crippen LogP contribution in [0.4, 0.5) is 10.1 Å². The highest BCUT2D eigenvalue weighted by Gasteiger charge is 2.18. The zero-order chi connectivity index (χ0) is 15.1. The maximum atomic E-state index is 12.9. The first-order valence-corrected chi connectivity index (χ1v) is 9.03. The number of thiocarbonyl (C=S) groups is 1. The summed E-state index contributed by atoms with van der Waals surface area (Å²) in [6.45, 7) is 4.59. The molecule has 0 atom stereocenters. The van der Waals surface area contributed by atoms with Crippen LogP contribution < -0.4 is 10.2 Å². The van der Waals surface area contributed by atoms with Crippen molar-refractivity contribution in [2.75, 3.05) is 49.6 Å². The minimum Gasteiger partial charge on any atom is -0.368 e. The fourth-order valence-electron chi connectivity index (χ4n) is 2.34. The summed E-state index contributed by atoms with van der Waals surface area (Å²) in [6, 6.07) is 6.70. The molecule has 1 N–H and O–H groups in total. The Morgan fingerprint density at radius 1 is 1.24 bits per heavy atom. The Hall–Kier alpha value is -1.01. The number of halogens is 1. The highest BCUT2D eigenvalue weighted by Crippen LogP contribution is 2.16. The summed E-state index contributed by atoms with van der Waals surface area (Å²) in [5, 5.41) is 4.18. The lowest BCUT2D eigenvalue weighted by molar-refractivity contribution is 0.380. The molecule has 6 heteroatoms. The lowest BCUT2D eigenvalue weighted by Crippen LogP contribution is -2.51. The van der Waals surface area contributed by atoms with Crippen LogP contribution in [0, 0.1) is 5.82 Å². The van der Waals surface area contributed by atoms with Crippen molar-refractivity contribution >= 4 is 34.8 Å².